The van der Waals surface area contributed by atoms with E-state index in [1.165, 1.54) is 25.3 Å². The summed E-state index contributed by atoms with van der Waals surface area (Å²) in [6.45, 7) is 2.52. The highest BCUT2D eigenvalue weighted by molar-refractivity contribution is 7.91. The van der Waals surface area contributed by atoms with E-state index in [9.17, 15) is 32.9 Å². The summed E-state index contributed by atoms with van der Waals surface area (Å²) in [6, 6.07) is 6.47. The average Bonchev–Trinajstić information content (AvgIpc) is 3.89. The highest BCUT2D eigenvalue weighted by atomic mass is 32.2. The maximum absolute atomic E-state index is 13.6. The van der Waals surface area contributed by atoms with Gasteiger partial charge < -0.3 is 24.5 Å². The molecular formula is C32H43N5O8S. The van der Waals surface area contributed by atoms with Gasteiger partial charge in [0.05, 0.1) is 35.1 Å². The van der Waals surface area contributed by atoms with Crippen molar-refractivity contribution in [2.45, 2.75) is 74.7 Å². The van der Waals surface area contributed by atoms with Gasteiger partial charge in [0, 0.05) is 11.8 Å². The number of ether oxygens (including phenoxy) is 2. The van der Waals surface area contributed by atoms with E-state index < -0.39 is 62.1 Å². The second-order valence-corrected chi connectivity index (χ2v) is 15.1. The van der Waals surface area contributed by atoms with Crippen LogP contribution in [-0.2, 0) is 29.1 Å². The minimum atomic E-state index is -3.95. The number of methoxy groups -OCH3 is 1. The van der Waals surface area contributed by atoms with Crippen LogP contribution < -0.4 is 20.1 Å². The molecule has 0 saturated heterocycles. The molecule has 0 bridgehead atoms. The van der Waals surface area contributed by atoms with Crippen LogP contribution in [0.3, 0.4) is 0 Å². The molecule has 13 nitrogen and oxygen atoms in total. The number of hydrogen-bond acceptors (Lipinski definition) is 10. The summed E-state index contributed by atoms with van der Waals surface area (Å²) in [5.74, 6) is -3.16. The predicted molar refractivity (Wildman–Crippen MR) is 169 cm³/mol. The minimum absolute atomic E-state index is 0.0263. The molecule has 3 N–H and O–H groups in total. The van der Waals surface area contributed by atoms with Gasteiger partial charge in [0.15, 0.2) is 0 Å². The first kappa shape index (κ1) is 34.9. The Kier molecular flexibility index (Phi) is 10.8. The quantitative estimate of drug-likeness (QED) is 0.144. The third kappa shape index (κ3) is 8.06. The molecule has 3 fully saturated rings. The highest BCUT2D eigenvalue weighted by Gasteiger charge is 2.63. The van der Waals surface area contributed by atoms with Gasteiger partial charge in [0.2, 0.25) is 15.9 Å². The predicted octanol–water partition coefficient (Wildman–Crippen LogP) is 2.87. The first-order chi connectivity index (χ1) is 21.8. The Labute approximate surface area is 270 Å². The van der Waals surface area contributed by atoms with Crippen molar-refractivity contribution in [1.29, 1.82) is 5.26 Å². The van der Waals surface area contributed by atoms with Crippen molar-refractivity contribution in [3.63, 3.8) is 0 Å². The summed E-state index contributed by atoms with van der Waals surface area (Å²) in [6.07, 6.45) is 6.73. The van der Waals surface area contributed by atoms with Gasteiger partial charge in [0.25, 0.3) is 5.91 Å². The number of benzene rings is 1. The lowest BCUT2D eigenvalue weighted by atomic mass is 9.96. The number of rotatable bonds is 15. The lowest BCUT2D eigenvalue weighted by Crippen LogP contribution is -2.54. The molecule has 14 heteroatoms. The molecule has 4 rings (SSSR count). The van der Waals surface area contributed by atoms with E-state index in [1.54, 1.807) is 6.92 Å². The standard InChI is InChI=1S/C32H43N5O8S/c1-31(12-13-31)46(42,43)36-29(40)32(18-23(32)9-7-5-6-8-14-37(2)3)35-28(39)25-17-24(16-22(25)20-38)45-30(41)34-26-15-21(19-33)10-11-27(26)44-4/h7,9-11,15,20,22-25H,5-6,8,12-14,16-18H2,1-4H3,(H,34,41)(H,35,39)(H,36,40)/b9-7-/t22-,23+,24-,25+,32+/m0/s1. The summed E-state index contributed by atoms with van der Waals surface area (Å²) in [5, 5.41) is 14.5. The van der Waals surface area contributed by atoms with Crippen LogP contribution >= 0.6 is 0 Å². The lowest BCUT2D eigenvalue weighted by Gasteiger charge is -2.23. The van der Waals surface area contributed by atoms with Crippen molar-refractivity contribution >= 4 is 39.9 Å². The van der Waals surface area contributed by atoms with Crippen molar-refractivity contribution in [2.24, 2.45) is 17.8 Å². The highest BCUT2D eigenvalue weighted by Crippen LogP contribution is 2.48. The number of allylic oxidation sites excluding steroid dienone is 1. The van der Waals surface area contributed by atoms with Gasteiger partial charge in [-0.3, -0.25) is 19.6 Å². The average molecular weight is 658 g/mol. The normalized spacial score (nSPS) is 26.2. The van der Waals surface area contributed by atoms with Crippen LogP contribution in [-0.4, -0.2) is 81.7 Å². The molecule has 0 spiro atoms. The zero-order chi connectivity index (χ0) is 33.7. The Morgan fingerprint density at radius 2 is 1.91 bits per heavy atom. The molecule has 0 aliphatic heterocycles. The number of nitrogens with zero attached hydrogens (tertiary/aromatic N) is 2. The zero-order valence-electron chi connectivity index (χ0n) is 26.7. The molecule has 0 aromatic heterocycles. The molecule has 5 atom stereocenters. The Morgan fingerprint density at radius 1 is 1.17 bits per heavy atom. The van der Waals surface area contributed by atoms with Crippen molar-refractivity contribution in [2.75, 3.05) is 33.1 Å². The lowest BCUT2D eigenvalue weighted by molar-refractivity contribution is -0.133. The zero-order valence-corrected chi connectivity index (χ0v) is 27.5. The van der Waals surface area contributed by atoms with Gasteiger partial charge in [-0.2, -0.15) is 5.26 Å². The maximum atomic E-state index is 13.6. The second-order valence-electron chi connectivity index (χ2n) is 12.9. The van der Waals surface area contributed by atoms with Crippen LogP contribution in [0.4, 0.5) is 10.5 Å². The van der Waals surface area contributed by atoms with Crippen molar-refractivity contribution < 1.29 is 37.1 Å². The molecule has 3 saturated carbocycles. The van der Waals surface area contributed by atoms with E-state index in [1.807, 2.05) is 32.3 Å². The van der Waals surface area contributed by atoms with E-state index in [4.69, 9.17) is 9.47 Å². The molecule has 0 unspecified atom stereocenters. The fraction of sp³-hybridized carbons (Fsp3) is 0.594. The Morgan fingerprint density at radius 3 is 2.54 bits per heavy atom. The Bertz CT molecular complexity index is 1520. The van der Waals surface area contributed by atoms with Crippen molar-refractivity contribution in [3.8, 4) is 11.8 Å². The molecule has 1 aromatic rings. The number of anilines is 1. The first-order valence-electron chi connectivity index (χ1n) is 15.5. The molecular weight excluding hydrogens is 614 g/mol. The van der Waals surface area contributed by atoms with Gasteiger partial charge in [-0.25, -0.2) is 13.2 Å². The van der Waals surface area contributed by atoms with E-state index >= 15 is 0 Å². The first-order valence-corrected chi connectivity index (χ1v) is 17.0. The molecule has 46 heavy (non-hydrogen) atoms. The minimum Gasteiger partial charge on any atom is -0.495 e. The van der Waals surface area contributed by atoms with Crippen molar-refractivity contribution in [1.82, 2.24) is 14.9 Å². The SMILES string of the molecule is COc1ccc(C#N)cc1NC(=O)O[C@H]1C[C@@H](C=O)[C@H](C(=O)N[C@]2(C(=O)NS(=O)(=O)C3(C)CC3)C[C@H]2/C=C\CCCCN(C)C)C1. The van der Waals surface area contributed by atoms with Gasteiger partial charge in [0.1, 0.15) is 23.7 Å². The molecule has 0 radical (unpaired) electrons. The van der Waals surface area contributed by atoms with Crippen LogP contribution in [0.5, 0.6) is 5.75 Å². The molecule has 250 valence electrons. The number of nitriles is 1. The van der Waals surface area contributed by atoms with Gasteiger partial charge in [-0.05, 0) is 97.1 Å². The van der Waals surface area contributed by atoms with E-state index in [-0.39, 0.29) is 24.9 Å². The molecule has 1 aromatic carbocycles. The number of nitrogens with one attached hydrogen (secondary N) is 3. The van der Waals surface area contributed by atoms with E-state index in [0.29, 0.717) is 30.4 Å². The van der Waals surface area contributed by atoms with E-state index in [2.05, 4.69) is 20.3 Å². The van der Waals surface area contributed by atoms with Gasteiger partial charge in [-0.1, -0.05) is 12.2 Å². The molecule has 3 aliphatic rings. The molecule has 3 amide bonds. The maximum Gasteiger partial charge on any atom is 0.412 e. The van der Waals surface area contributed by atoms with Gasteiger partial charge in [-0.15, -0.1) is 0 Å². The van der Waals surface area contributed by atoms with Crippen LogP contribution in [0.25, 0.3) is 0 Å². The Hall–Kier alpha value is -3.96. The largest absolute Gasteiger partial charge is 0.495 e. The second kappa shape index (κ2) is 14.2. The molecule has 3 aliphatic carbocycles. The topological polar surface area (TPSA) is 184 Å². The number of carbonyl (C=O) groups is 4. The van der Waals surface area contributed by atoms with Crippen molar-refractivity contribution in [3.05, 3.63) is 35.9 Å². The third-order valence-electron chi connectivity index (χ3n) is 9.11. The van der Waals surface area contributed by atoms with E-state index in [0.717, 1.165) is 25.8 Å². The van der Waals surface area contributed by atoms with Crippen LogP contribution in [0, 0.1) is 29.1 Å². The summed E-state index contributed by atoms with van der Waals surface area (Å²) in [7, 11) is 1.47. The number of hydrogen-bond donors (Lipinski definition) is 3. The number of amides is 3. The summed E-state index contributed by atoms with van der Waals surface area (Å²) < 4.78 is 37.7. The Balaban J connectivity index is 1.42. The fourth-order valence-electron chi connectivity index (χ4n) is 5.76. The number of unbranched alkanes of at least 4 members (excludes halogenated alkanes) is 2. The smallest absolute Gasteiger partial charge is 0.412 e. The van der Waals surface area contributed by atoms with Crippen LogP contribution in [0.2, 0.25) is 0 Å². The summed E-state index contributed by atoms with van der Waals surface area (Å²) >= 11 is 0. The number of sulfonamides is 1. The third-order valence-corrected chi connectivity index (χ3v) is 11.3. The summed E-state index contributed by atoms with van der Waals surface area (Å²) in [4.78, 5) is 53.9. The monoisotopic (exact) mass is 657 g/mol. The fourth-order valence-corrected chi connectivity index (χ4v) is 7.07. The van der Waals surface area contributed by atoms with Gasteiger partial charge >= 0.3 is 6.09 Å². The van der Waals surface area contributed by atoms with Crippen LogP contribution in [0.15, 0.2) is 30.4 Å². The number of carbonyl (C=O) groups excluding carboxylic acids is 4. The number of aldehydes is 1. The molecule has 0 heterocycles. The summed E-state index contributed by atoms with van der Waals surface area (Å²) in [5.41, 5.74) is -0.953. The van der Waals surface area contributed by atoms with Crippen LogP contribution in [0.1, 0.15) is 63.9 Å².